The fraction of sp³-hybridized carbons (Fsp3) is 0.333. The van der Waals surface area contributed by atoms with Crippen LogP contribution in [0.1, 0.15) is 5.56 Å². The lowest BCUT2D eigenvalue weighted by Crippen LogP contribution is -2.35. The van der Waals surface area contributed by atoms with Crippen molar-refractivity contribution < 1.29 is 21.6 Å². The molecule has 20 heavy (non-hydrogen) atoms. The summed E-state index contributed by atoms with van der Waals surface area (Å²) < 4.78 is 61.0. The maximum atomic E-state index is 12.3. The SMILES string of the molecule is CN(CC(F)(F)F)S(=O)(=O)c1cccc(C#CCN)c1. The normalized spacial score (nSPS) is 12.1. The van der Waals surface area contributed by atoms with Crippen molar-refractivity contribution in [3.8, 4) is 11.8 Å². The van der Waals surface area contributed by atoms with Crippen LogP contribution in [0.3, 0.4) is 0 Å². The Hall–Kier alpha value is -1.56. The highest BCUT2D eigenvalue weighted by molar-refractivity contribution is 7.89. The highest BCUT2D eigenvalue weighted by Crippen LogP contribution is 2.21. The first-order valence-corrected chi connectivity index (χ1v) is 6.93. The number of benzene rings is 1. The third-order valence-electron chi connectivity index (χ3n) is 2.28. The van der Waals surface area contributed by atoms with Crippen molar-refractivity contribution in [1.82, 2.24) is 4.31 Å². The first kappa shape index (κ1) is 16.5. The van der Waals surface area contributed by atoms with Gasteiger partial charge in [-0.25, -0.2) is 8.42 Å². The van der Waals surface area contributed by atoms with E-state index >= 15 is 0 Å². The Morgan fingerprint density at radius 2 is 2.00 bits per heavy atom. The van der Waals surface area contributed by atoms with Gasteiger partial charge in [-0.1, -0.05) is 17.9 Å². The smallest absolute Gasteiger partial charge is 0.320 e. The molecule has 0 spiro atoms. The van der Waals surface area contributed by atoms with Gasteiger partial charge in [0, 0.05) is 12.6 Å². The quantitative estimate of drug-likeness (QED) is 0.853. The Kier molecular flexibility index (Phi) is 5.16. The molecule has 0 heterocycles. The number of alkyl halides is 3. The van der Waals surface area contributed by atoms with E-state index in [2.05, 4.69) is 11.8 Å². The molecule has 0 unspecified atom stereocenters. The summed E-state index contributed by atoms with van der Waals surface area (Å²) in [6.45, 7) is -1.45. The molecular weight excluding hydrogens is 293 g/mol. The second kappa shape index (κ2) is 6.26. The molecule has 0 atom stereocenters. The summed E-state index contributed by atoms with van der Waals surface area (Å²) in [5.41, 5.74) is 5.56. The minimum Gasteiger partial charge on any atom is -0.320 e. The summed E-state index contributed by atoms with van der Waals surface area (Å²) in [4.78, 5) is -0.243. The summed E-state index contributed by atoms with van der Waals surface area (Å²) in [5, 5.41) is 0. The van der Waals surface area contributed by atoms with Crippen molar-refractivity contribution in [2.75, 3.05) is 20.1 Å². The van der Waals surface area contributed by atoms with E-state index in [-0.39, 0.29) is 15.7 Å². The topological polar surface area (TPSA) is 63.4 Å². The minimum atomic E-state index is -4.60. The lowest BCUT2D eigenvalue weighted by molar-refractivity contribution is -0.134. The summed E-state index contributed by atoms with van der Waals surface area (Å²) in [6.07, 6.45) is -4.60. The van der Waals surface area contributed by atoms with Gasteiger partial charge in [0.15, 0.2) is 0 Å². The predicted octanol–water partition coefficient (Wildman–Crippen LogP) is 1.18. The molecule has 1 aromatic rings. The van der Waals surface area contributed by atoms with E-state index < -0.39 is 22.7 Å². The van der Waals surface area contributed by atoms with E-state index in [1.54, 1.807) is 6.07 Å². The molecule has 1 aromatic carbocycles. The van der Waals surface area contributed by atoms with Crippen LogP contribution in [-0.4, -0.2) is 39.0 Å². The molecule has 4 nitrogen and oxygen atoms in total. The molecule has 0 aromatic heterocycles. The highest BCUT2D eigenvalue weighted by atomic mass is 32.2. The number of sulfonamides is 1. The zero-order valence-corrected chi connectivity index (χ0v) is 11.4. The monoisotopic (exact) mass is 306 g/mol. The average molecular weight is 306 g/mol. The minimum absolute atomic E-state index is 0.102. The maximum absolute atomic E-state index is 12.3. The molecule has 8 heteroatoms. The lowest BCUT2D eigenvalue weighted by atomic mass is 10.2. The van der Waals surface area contributed by atoms with Crippen molar-refractivity contribution in [2.45, 2.75) is 11.1 Å². The fourth-order valence-electron chi connectivity index (χ4n) is 1.40. The molecule has 0 amide bonds. The third-order valence-corrected chi connectivity index (χ3v) is 4.08. The lowest BCUT2D eigenvalue weighted by Gasteiger charge is -2.18. The van der Waals surface area contributed by atoms with Gasteiger partial charge in [-0.05, 0) is 18.2 Å². The molecule has 0 aliphatic carbocycles. The number of nitrogens with zero attached hydrogens (tertiary/aromatic N) is 1. The van der Waals surface area contributed by atoms with Crippen LogP contribution in [0.2, 0.25) is 0 Å². The van der Waals surface area contributed by atoms with Crippen LogP contribution in [0.4, 0.5) is 13.2 Å². The van der Waals surface area contributed by atoms with Crippen LogP contribution < -0.4 is 5.73 Å². The Bertz CT molecular complexity index is 630. The van der Waals surface area contributed by atoms with Crippen molar-refractivity contribution in [3.05, 3.63) is 29.8 Å². The molecule has 0 aliphatic heterocycles. The van der Waals surface area contributed by atoms with E-state index in [4.69, 9.17) is 5.73 Å². The van der Waals surface area contributed by atoms with Gasteiger partial charge in [-0.3, -0.25) is 0 Å². The molecule has 0 saturated heterocycles. The third kappa shape index (κ3) is 4.52. The van der Waals surface area contributed by atoms with Crippen molar-refractivity contribution in [3.63, 3.8) is 0 Å². The van der Waals surface area contributed by atoms with Gasteiger partial charge in [-0.15, -0.1) is 0 Å². The molecule has 110 valence electrons. The summed E-state index contributed by atoms with van der Waals surface area (Å²) in [6, 6.07) is 5.39. The second-order valence-electron chi connectivity index (χ2n) is 3.91. The summed E-state index contributed by atoms with van der Waals surface area (Å²) in [5.74, 6) is 5.16. The number of hydrogen-bond acceptors (Lipinski definition) is 3. The summed E-state index contributed by atoms with van der Waals surface area (Å²) >= 11 is 0. The number of halogens is 3. The Labute approximate surface area is 115 Å². The first-order valence-electron chi connectivity index (χ1n) is 5.49. The van der Waals surface area contributed by atoms with E-state index in [9.17, 15) is 21.6 Å². The Balaban J connectivity index is 3.10. The van der Waals surface area contributed by atoms with Gasteiger partial charge in [0.2, 0.25) is 10.0 Å². The van der Waals surface area contributed by atoms with Crippen molar-refractivity contribution >= 4 is 10.0 Å². The van der Waals surface area contributed by atoms with Gasteiger partial charge in [0.1, 0.15) is 6.54 Å². The zero-order chi connectivity index (χ0) is 15.4. The number of nitrogens with two attached hydrogens (primary N) is 1. The van der Waals surface area contributed by atoms with Gasteiger partial charge in [-0.2, -0.15) is 17.5 Å². The zero-order valence-electron chi connectivity index (χ0n) is 10.6. The van der Waals surface area contributed by atoms with Gasteiger partial charge in [0.25, 0.3) is 0 Å². The van der Waals surface area contributed by atoms with Gasteiger partial charge in [0.05, 0.1) is 11.4 Å². The molecule has 0 bridgehead atoms. The predicted molar refractivity (Wildman–Crippen MR) is 68.2 cm³/mol. The molecule has 0 fully saturated rings. The molecule has 1 rings (SSSR count). The molecular formula is C12H13F3N2O2S. The standard InChI is InChI=1S/C12H13F3N2O2S/c1-17(9-12(13,14)15)20(18,19)11-6-2-4-10(8-11)5-3-7-16/h2,4,6,8H,7,9,16H2,1H3. The van der Waals surface area contributed by atoms with Crippen LogP contribution >= 0.6 is 0 Å². The van der Waals surface area contributed by atoms with E-state index in [0.29, 0.717) is 5.56 Å². The average Bonchev–Trinajstić information content (AvgIpc) is 2.34. The molecule has 0 saturated carbocycles. The highest BCUT2D eigenvalue weighted by Gasteiger charge is 2.34. The number of rotatable bonds is 3. The van der Waals surface area contributed by atoms with E-state index in [0.717, 1.165) is 7.05 Å². The second-order valence-corrected chi connectivity index (χ2v) is 5.95. The fourth-order valence-corrected chi connectivity index (χ4v) is 2.61. The Morgan fingerprint density at radius 3 is 2.55 bits per heavy atom. The van der Waals surface area contributed by atoms with Crippen molar-refractivity contribution in [1.29, 1.82) is 0 Å². The number of hydrogen-bond donors (Lipinski definition) is 1. The van der Waals surface area contributed by atoms with Gasteiger partial charge >= 0.3 is 6.18 Å². The van der Waals surface area contributed by atoms with Crippen molar-refractivity contribution in [2.24, 2.45) is 5.73 Å². The summed E-state index contributed by atoms with van der Waals surface area (Å²) in [7, 11) is -3.33. The first-order chi connectivity index (χ1) is 9.16. The largest absolute Gasteiger partial charge is 0.402 e. The van der Waals surface area contributed by atoms with E-state index in [1.165, 1.54) is 18.2 Å². The van der Waals surface area contributed by atoms with Crippen LogP contribution in [-0.2, 0) is 10.0 Å². The van der Waals surface area contributed by atoms with Crippen LogP contribution in [0.25, 0.3) is 0 Å². The van der Waals surface area contributed by atoms with Crippen LogP contribution in [0.15, 0.2) is 29.2 Å². The molecule has 2 N–H and O–H groups in total. The molecule has 0 aliphatic rings. The van der Waals surface area contributed by atoms with E-state index in [1.807, 2.05) is 0 Å². The van der Waals surface area contributed by atoms with Gasteiger partial charge < -0.3 is 5.73 Å². The van der Waals surface area contributed by atoms with Crippen LogP contribution in [0.5, 0.6) is 0 Å². The molecule has 0 radical (unpaired) electrons. The van der Waals surface area contributed by atoms with Crippen LogP contribution in [0, 0.1) is 11.8 Å². The maximum Gasteiger partial charge on any atom is 0.402 e. The Morgan fingerprint density at radius 1 is 1.35 bits per heavy atom.